The van der Waals surface area contributed by atoms with Crippen LogP contribution in [-0.4, -0.2) is 69.1 Å². The Morgan fingerprint density at radius 1 is 0.845 bits per heavy atom. The number of aryl methyl sites for hydroxylation is 1. The average Bonchev–Trinajstić information content (AvgIpc) is 3.97. The summed E-state index contributed by atoms with van der Waals surface area (Å²) in [6, 6.07) is 25.5. The summed E-state index contributed by atoms with van der Waals surface area (Å²) in [7, 11) is 0. The number of alkyl halides is 3. The number of carboxylic acids is 1. The summed E-state index contributed by atoms with van der Waals surface area (Å²) in [4.78, 5) is 62.3. The van der Waals surface area contributed by atoms with Gasteiger partial charge in [0.1, 0.15) is 6.04 Å². The van der Waals surface area contributed by atoms with Crippen molar-refractivity contribution in [2.75, 3.05) is 29.1 Å². The molecule has 1 atom stereocenters. The number of nitrogens with one attached hydrogen (secondary N) is 5. The van der Waals surface area contributed by atoms with Gasteiger partial charge in [0.25, 0.3) is 5.91 Å². The minimum Gasteiger partial charge on any atom is -0.480 e. The molecule has 0 radical (unpaired) electrons. The van der Waals surface area contributed by atoms with Gasteiger partial charge in [-0.3, -0.25) is 14.4 Å². The molecule has 58 heavy (non-hydrogen) atoms. The Labute approximate surface area is 334 Å². The number of aromatic nitrogens is 3. The molecule has 3 amide bonds. The minimum atomic E-state index is -4.65. The second-order valence-electron chi connectivity index (χ2n) is 13.4. The Hall–Kier alpha value is -6.75. The van der Waals surface area contributed by atoms with Crippen molar-refractivity contribution >= 4 is 58.6 Å². The summed E-state index contributed by atoms with van der Waals surface area (Å²) < 4.78 is 43.7. The van der Waals surface area contributed by atoms with Gasteiger partial charge >= 0.3 is 30.0 Å². The number of hydrogen-bond donors (Lipinski definition) is 6. The van der Waals surface area contributed by atoms with E-state index in [4.69, 9.17) is 16.3 Å². The first-order chi connectivity index (χ1) is 27.6. The third kappa shape index (κ3) is 11.2. The molecule has 1 aliphatic rings. The van der Waals surface area contributed by atoms with Crippen LogP contribution in [-0.2, 0) is 19.9 Å². The molecule has 6 rings (SSSR count). The van der Waals surface area contributed by atoms with E-state index >= 15 is 0 Å². The molecule has 0 aliphatic heterocycles. The topological polar surface area (TPSA) is 197 Å². The minimum absolute atomic E-state index is 0.0432. The number of halogens is 4. The third-order valence-corrected chi connectivity index (χ3v) is 9.17. The molecule has 1 fully saturated rings. The first-order valence-electron chi connectivity index (χ1n) is 17.8. The van der Waals surface area contributed by atoms with Gasteiger partial charge < -0.3 is 36.4 Å². The van der Waals surface area contributed by atoms with Crippen LogP contribution in [0.15, 0.2) is 97.1 Å². The molecule has 0 unspecified atom stereocenters. The summed E-state index contributed by atoms with van der Waals surface area (Å²) in [6.45, 7) is 0.0942. The van der Waals surface area contributed by atoms with E-state index in [9.17, 15) is 37.5 Å². The number of benzene rings is 4. The van der Waals surface area contributed by atoms with Crippen LogP contribution < -0.4 is 31.3 Å². The van der Waals surface area contributed by atoms with Crippen molar-refractivity contribution in [2.24, 2.45) is 0 Å². The first kappa shape index (κ1) is 40.9. The highest BCUT2D eigenvalue weighted by Gasteiger charge is 2.45. The van der Waals surface area contributed by atoms with Crippen molar-refractivity contribution in [3.8, 4) is 17.1 Å². The maximum absolute atomic E-state index is 13.0. The Kier molecular flexibility index (Phi) is 12.4. The number of carbonyl (C=O) groups excluding carboxylic acids is 3. The average molecular weight is 817 g/mol. The standard InChI is InChI=1S/C40H36ClF3N8O6/c1-23-5-7-24(8-6-23)26-3-2-4-30(21-26)46-34(55)33(54)45-20-17-31(35(56)57)48-32(53)25-9-15-29(16-10-25)47-36-49-37(51-38(50-36)58-22-40(42,43)44)52-39(18-19-39)27-11-13-28(41)14-12-27/h2-16,21,31H,17-20,22H2,1H3,(H,45,54)(H,46,55)(H,48,53)(H,56,57)(H2,47,49,50,51,52)/t31-/m0/s1. The summed E-state index contributed by atoms with van der Waals surface area (Å²) in [6.07, 6.45) is -3.49. The van der Waals surface area contributed by atoms with Crippen molar-refractivity contribution in [2.45, 2.75) is 43.9 Å². The lowest BCUT2D eigenvalue weighted by atomic mass is 10.0. The highest BCUT2D eigenvalue weighted by atomic mass is 35.5. The van der Waals surface area contributed by atoms with Crippen LogP contribution in [0.3, 0.4) is 0 Å². The quantitative estimate of drug-likeness (QED) is 0.0622. The van der Waals surface area contributed by atoms with Gasteiger partial charge in [0.2, 0.25) is 11.9 Å². The van der Waals surface area contributed by atoms with E-state index in [0.717, 1.165) is 22.3 Å². The largest absolute Gasteiger partial charge is 0.480 e. The zero-order valence-electron chi connectivity index (χ0n) is 30.7. The number of rotatable bonds is 15. The highest BCUT2D eigenvalue weighted by Crippen LogP contribution is 2.48. The Morgan fingerprint density at radius 3 is 2.19 bits per heavy atom. The predicted octanol–water partition coefficient (Wildman–Crippen LogP) is 6.61. The molecule has 300 valence electrons. The fourth-order valence-electron chi connectivity index (χ4n) is 5.73. The van der Waals surface area contributed by atoms with Crippen LogP contribution in [0.5, 0.6) is 6.01 Å². The van der Waals surface area contributed by atoms with E-state index in [0.29, 0.717) is 29.2 Å². The molecule has 18 heteroatoms. The zero-order valence-corrected chi connectivity index (χ0v) is 31.4. The summed E-state index contributed by atoms with van der Waals surface area (Å²) in [5, 5.41) is 23.6. The Balaban J connectivity index is 1.03. The predicted molar refractivity (Wildman–Crippen MR) is 209 cm³/mol. The fraction of sp³-hybridized carbons (Fsp3) is 0.225. The molecule has 0 bridgehead atoms. The molecule has 5 aromatic rings. The Morgan fingerprint density at radius 2 is 1.53 bits per heavy atom. The first-order valence-corrected chi connectivity index (χ1v) is 18.2. The van der Waals surface area contributed by atoms with Crippen molar-refractivity contribution in [3.63, 3.8) is 0 Å². The van der Waals surface area contributed by atoms with Crippen LogP contribution in [0.25, 0.3) is 11.1 Å². The molecule has 14 nitrogen and oxygen atoms in total. The molecular weight excluding hydrogens is 781 g/mol. The third-order valence-electron chi connectivity index (χ3n) is 8.91. The van der Waals surface area contributed by atoms with Crippen molar-refractivity contribution in [3.05, 3.63) is 119 Å². The van der Waals surface area contributed by atoms with E-state index in [2.05, 4.69) is 41.5 Å². The van der Waals surface area contributed by atoms with Gasteiger partial charge in [-0.1, -0.05) is 65.7 Å². The lowest BCUT2D eigenvalue weighted by Gasteiger charge is -2.19. The summed E-state index contributed by atoms with van der Waals surface area (Å²) >= 11 is 6.03. The molecule has 1 aromatic heterocycles. The highest BCUT2D eigenvalue weighted by molar-refractivity contribution is 6.39. The second-order valence-corrected chi connectivity index (χ2v) is 13.8. The van der Waals surface area contributed by atoms with Crippen molar-refractivity contribution in [1.82, 2.24) is 25.6 Å². The van der Waals surface area contributed by atoms with E-state index in [1.807, 2.05) is 49.4 Å². The van der Waals surface area contributed by atoms with Crippen molar-refractivity contribution in [1.29, 1.82) is 0 Å². The fourth-order valence-corrected chi connectivity index (χ4v) is 5.85. The zero-order chi connectivity index (χ0) is 41.5. The van der Waals surface area contributed by atoms with Crippen LogP contribution in [0.4, 0.5) is 36.4 Å². The number of ether oxygens (including phenoxy) is 1. The van der Waals surface area contributed by atoms with Gasteiger partial charge in [0, 0.05) is 28.5 Å². The number of carbonyl (C=O) groups is 4. The van der Waals surface area contributed by atoms with E-state index in [-0.39, 0.29) is 30.4 Å². The van der Waals surface area contributed by atoms with Gasteiger partial charge in [0.05, 0.1) is 5.54 Å². The number of hydrogen-bond acceptors (Lipinski definition) is 10. The van der Waals surface area contributed by atoms with E-state index < -0.39 is 54.1 Å². The molecule has 1 aliphatic carbocycles. The van der Waals surface area contributed by atoms with Crippen LogP contribution >= 0.6 is 11.6 Å². The molecule has 6 N–H and O–H groups in total. The molecule has 0 saturated heterocycles. The number of amides is 3. The second kappa shape index (κ2) is 17.6. The van der Waals surface area contributed by atoms with Gasteiger partial charge in [0.15, 0.2) is 6.61 Å². The number of aliphatic carboxylic acids is 1. The van der Waals surface area contributed by atoms with Gasteiger partial charge in [-0.2, -0.15) is 28.1 Å². The van der Waals surface area contributed by atoms with Crippen molar-refractivity contribution < 1.29 is 42.2 Å². The van der Waals surface area contributed by atoms with E-state index in [1.165, 1.54) is 24.3 Å². The van der Waals surface area contributed by atoms with Crippen LogP contribution in [0.2, 0.25) is 5.02 Å². The smallest absolute Gasteiger partial charge is 0.422 e. The Bertz CT molecular complexity index is 2290. The molecule has 0 spiro atoms. The lowest BCUT2D eigenvalue weighted by molar-refractivity contribution is -0.154. The molecule has 4 aromatic carbocycles. The summed E-state index contributed by atoms with van der Waals surface area (Å²) in [5.74, 6) is -4.26. The normalized spacial score (nSPS) is 13.4. The van der Waals surface area contributed by atoms with Gasteiger partial charge in [-0.25, -0.2) is 4.79 Å². The maximum Gasteiger partial charge on any atom is 0.422 e. The summed E-state index contributed by atoms with van der Waals surface area (Å²) in [5.41, 5.74) is 3.95. The monoisotopic (exact) mass is 816 g/mol. The number of nitrogens with zero attached hydrogens (tertiary/aromatic N) is 3. The number of carboxylic acid groups (broad SMARTS) is 1. The lowest BCUT2D eigenvalue weighted by Crippen LogP contribution is -2.44. The van der Waals surface area contributed by atoms with Gasteiger partial charge in [-0.15, -0.1) is 0 Å². The van der Waals surface area contributed by atoms with E-state index in [1.54, 1.807) is 30.3 Å². The van der Waals surface area contributed by atoms with Crippen LogP contribution in [0.1, 0.15) is 40.7 Å². The maximum atomic E-state index is 13.0. The van der Waals surface area contributed by atoms with Crippen LogP contribution in [0, 0.1) is 6.92 Å². The number of anilines is 4. The molecular formula is C40H36ClF3N8O6. The SMILES string of the molecule is Cc1ccc(-c2cccc(NC(=O)C(=O)NCC[C@H](NC(=O)c3ccc(Nc4nc(NC5(c6ccc(Cl)cc6)CC5)nc(OCC(F)(F)F)n4)cc3)C(=O)O)c2)cc1. The molecule has 1 saturated carbocycles. The van der Waals surface area contributed by atoms with Gasteiger partial charge in [-0.05, 0) is 91.4 Å². The molecule has 1 heterocycles.